The first kappa shape index (κ1) is 13.8. The van der Waals surface area contributed by atoms with Gasteiger partial charge in [0.2, 0.25) is 10.9 Å². The third kappa shape index (κ3) is 1.66. The van der Waals surface area contributed by atoms with Crippen molar-refractivity contribution in [2.24, 2.45) is 0 Å². The Kier molecular flexibility index (Phi) is 3.38. The van der Waals surface area contributed by atoms with E-state index in [1.165, 1.54) is 7.05 Å². The van der Waals surface area contributed by atoms with E-state index < -0.39 is 26.0 Å². The number of carbonyl (C=O) groups excluding carboxylic acids is 1. The molecule has 2 atom stereocenters. The standard InChI is InChI=1S/C6H14N2O6P2/c1-7-6(16(12,13)14)4-3-5(9)8(2)15(6,10)11/h7H,3-4H2,1-2H3,(H,10,11)(H2,12,13,14). The highest BCUT2D eigenvalue weighted by Crippen LogP contribution is 2.73. The molecule has 1 rings (SSSR count). The summed E-state index contributed by atoms with van der Waals surface area (Å²) in [4.78, 5) is 39.4. The molecule has 1 aliphatic heterocycles. The van der Waals surface area contributed by atoms with Crippen molar-refractivity contribution in [3.05, 3.63) is 0 Å². The molecule has 1 aliphatic rings. The molecule has 1 saturated heterocycles. The molecule has 0 aromatic rings. The molecule has 0 aromatic heterocycles. The summed E-state index contributed by atoms with van der Waals surface area (Å²) in [5.74, 6) is -0.606. The van der Waals surface area contributed by atoms with Gasteiger partial charge in [-0.1, -0.05) is 0 Å². The van der Waals surface area contributed by atoms with Gasteiger partial charge in [-0.15, -0.1) is 0 Å². The Labute approximate surface area is 92.3 Å². The third-order valence-electron chi connectivity index (χ3n) is 2.82. The highest BCUT2D eigenvalue weighted by molar-refractivity contribution is 7.74. The smallest absolute Gasteiger partial charge is 0.327 e. The van der Waals surface area contributed by atoms with Gasteiger partial charge in [0.1, 0.15) is 0 Å². The zero-order valence-electron chi connectivity index (χ0n) is 8.82. The van der Waals surface area contributed by atoms with E-state index in [2.05, 4.69) is 5.32 Å². The molecule has 0 bridgehead atoms. The molecule has 0 aliphatic carbocycles. The molecule has 1 amide bonds. The summed E-state index contributed by atoms with van der Waals surface area (Å²) in [6.07, 6.45) is -0.558. The molecule has 1 fully saturated rings. The van der Waals surface area contributed by atoms with Gasteiger partial charge in [0.05, 0.1) is 0 Å². The lowest BCUT2D eigenvalue weighted by Gasteiger charge is -2.43. The lowest BCUT2D eigenvalue weighted by molar-refractivity contribution is -0.127. The Bertz CT molecular complexity index is 406. The van der Waals surface area contributed by atoms with Gasteiger partial charge in [-0.25, -0.2) is 0 Å². The minimum absolute atomic E-state index is 0.188. The fraction of sp³-hybridized carbons (Fsp3) is 0.833. The van der Waals surface area contributed by atoms with Crippen LogP contribution in [0.3, 0.4) is 0 Å². The topological polar surface area (TPSA) is 127 Å². The first-order valence-corrected chi connectivity index (χ1v) is 7.67. The van der Waals surface area contributed by atoms with Crippen LogP contribution in [0, 0.1) is 0 Å². The highest BCUT2D eigenvalue weighted by Gasteiger charge is 2.64. The molecule has 16 heavy (non-hydrogen) atoms. The number of rotatable bonds is 2. The molecular weight excluding hydrogens is 258 g/mol. The molecule has 0 spiro atoms. The van der Waals surface area contributed by atoms with Crippen LogP contribution in [0.1, 0.15) is 12.8 Å². The molecular formula is C6H14N2O6P2. The van der Waals surface area contributed by atoms with Gasteiger partial charge in [-0.3, -0.25) is 23.9 Å². The molecule has 4 N–H and O–H groups in total. The van der Waals surface area contributed by atoms with E-state index in [4.69, 9.17) is 0 Å². The van der Waals surface area contributed by atoms with Crippen molar-refractivity contribution in [3.8, 4) is 0 Å². The summed E-state index contributed by atoms with van der Waals surface area (Å²) in [7, 11) is -7.12. The van der Waals surface area contributed by atoms with Crippen LogP contribution in [-0.2, 0) is 13.9 Å². The maximum Gasteiger partial charge on any atom is 0.357 e. The van der Waals surface area contributed by atoms with Crippen molar-refractivity contribution in [3.63, 3.8) is 0 Å². The highest BCUT2D eigenvalue weighted by atomic mass is 31.2. The lowest BCUT2D eigenvalue weighted by Crippen LogP contribution is -2.51. The number of carbonyl (C=O) groups is 1. The molecule has 0 saturated carbocycles. The molecule has 10 heteroatoms. The minimum Gasteiger partial charge on any atom is -0.327 e. The predicted molar refractivity (Wildman–Crippen MR) is 55.7 cm³/mol. The van der Waals surface area contributed by atoms with Crippen molar-refractivity contribution in [1.82, 2.24) is 9.99 Å². The quantitative estimate of drug-likeness (QED) is 0.498. The average molecular weight is 272 g/mol. The molecule has 94 valence electrons. The van der Waals surface area contributed by atoms with Crippen LogP contribution in [0.4, 0.5) is 0 Å². The Morgan fingerprint density at radius 2 is 2.06 bits per heavy atom. The van der Waals surface area contributed by atoms with Crippen LogP contribution in [0.25, 0.3) is 0 Å². The van der Waals surface area contributed by atoms with E-state index in [-0.39, 0.29) is 12.8 Å². The maximum atomic E-state index is 12.0. The number of amides is 1. The SMILES string of the molecule is CNC1(P(=O)(O)O)CCC(=O)N(C)P1(=O)O. The predicted octanol–water partition coefficient (Wildman–Crippen LogP) is -0.525. The van der Waals surface area contributed by atoms with Crippen molar-refractivity contribution in [1.29, 1.82) is 0 Å². The van der Waals surface area contributed by atoms with Crippen molar-refractivity contribution in [2.75, 3.05) is 14.1 Å². The van der Waals surface area contributed by atoms with E-state index in [0.29, 0.717) is 4.67 Å². The molecule has 1 heterocycles. The summed E-state index contributed by atoms with van der Waals surface area (Å²) in [6, 6.07) is 0. The van der Waals surface area contributed by atoms with E-state index in [1.54, 1.807) is 0 Å². The zero-order chi connectivity index (χ0) is 12.8. The molecule has 0 aromatic carbocycles. The van der Waals surface area contributed by atoms with E-state index in [9.17, 15) is 28.6 Å². The van der Waals surface area contributed by atoms with E-state index >= 15 is 0 Å². The Morgan fingerprint density at radius 1 is 1.56 bits per heavy atom. The lowest BCUT2D eigenvalue weighted by atomic mass is 10.3. The van der Waals surface area contributed by atoms with Crippen LogP contribution in [0.15, 0.2) is 0 Å². The van der Waals surface area contributed by atoms with Crippen LogP contribution in [0.5, 0.6) is 0 Å². The van der Waals surface area contributed by atoms with Gasteiger partial charge in [0.15, 0.2) is 0 Å². The normalized spacial score (nSPS) is 36.6. The second kappa shape index (κ2) is 3.91. The fourth-order valence-electron chi connectivity index (χ4n) is 1.72. The average Bonchev–Trinajstić information content (AvgIpc) is 2.13. The zero-order valence-corrected chi connectivity index (χ0v) is 10.6. The van der Waals surface area contributed by atoms with Gasteiger partial charge >= 0.3 is 15.1 Å². The Balaban J connectivity index is 3.38. The number of nitrogens with one attached hydrogen (secondary N) is 1. The largest absolute Gasteiger partial charge is 0.357 e. The number of nitrogens with zero attached hydrogens (tertiary/aromatic N) is 1. The molecule has 2 unspecified atom stereocenters. The monoisotopic (exact) mass is 272 g/mol. The first-order chi connectivity index (χ1) is 7.10. The van der Waals surface area contributed by atoms with Crippen LogP contribution in [-0.4, -0.2) is 44.4 Å². The number of hydrogen-bond acceptors (Lipinski definition) is 4. The molecule has 0 radical (unpaired) electrons. The second-order valence-electron chi connectivity index (χ2n) is 3.57. The van der Waals surface area contributed by atoms with Crippen LogP contribution in [0.2, 0.25) is 0 Å². The van der Waals surface area contributed by atoms with Crippen LogP contribution >= 0.6 is 15.1 Å². The third-order valence-corrected chi connectivity index (χ3v) is 8.24. The van der Waals surface area contributed by atoms with Gasteiger partial charge in [-0.2, -0.15) is 0 Å². The summed E-state index contributed by atoms with van der Waals surface area (Å²) in [6.45, 7) is 0. The summed E-state index contributed by atoms with van der Waals surface area (Å²) in [5.41, 5.74) is 0. The second-order valence-corrected chi connectivity index (χ2v) is 8.23. The van der Waals surface area contributed by atoms with Crippen LogP contribution < -0.4 is 5.32 Å². The Morgan fingerprint density at radius 3 is 2.44 bits per heavy atom. The number of hydrogen-bond donors (Lipinski definition) is 4. The van der Waals surface area contributed by atoms with E-state index in [0.717, 1.165) is 7.05 Å². The fourth-order valence-corrected chi connectivity index (χ4v) is 5.77. The Hall–Kier alpha value is -0.230. The van der Waals surface area contributed by atoms with E-state index in [1.807, 2.05) is 0 Å². The summed E-state index contributed by atoms with van der Waals surface area (Å²) >= 11 is 0. The maximum absolute atomic E-state index is 12.0. The molecule has 8 nitrogen and oxygen atoms in total. The minimum atomic E-state index is -4.88. The van der Waals surface area contributed by atoms with Gasteiger partial charge in [0.25, 0.3) is 0 Å². The summed E-state index contributed by atoms with van der Waals surface area (Å²) < 4.78 is 23.9. The van der Waals surface area contributed by atoms with Crippen molar-refractivity contribution < 1.29 is 28.6 Å². The summed E-state index contributed by atoms with van der Waals surface area (Å²) in [5, 5.41) is -0.0328. The van der Waals surface area contributed by atoms with Gasteiger partial charge in [-0.05, 0) is 13.5 Å². The van der Waals surface area contributed by atoms with Gasteiger partial charge < -0.3 is 14.7 Å². The van der Waals surface area contributed by atoms with Gasteiger partial charge in [0, 0.05) is 13.5 Å². The first-order valence-electron chi connectivity index (χ1n) is 4.44. The van der Waals surface area contributed by atoms with Crippen molar-refractivity contribution >= 4 is 21.0 Å². The van der Waals surface area contributed by atoms with Crippen molar-refractivity contribution in [2.45, 2.75) is 17.9 Å².